The summed E-state index contributed by atoms with van der Waals surface area (Å²) in [5.74, 6) is -1.75. The highest BCUT2D eigenvalue weighted by atomic mass is 32.1. The average molecular weight is 523 g/mol. The first-order valence-electron chi connectivity index (χ1n) is 11.6. The third-order valence-corrected chi connectivity index (χ3v) is 8.51. The van der Waals surface area contributed by atoms with Gasteiger partial charge in [-0.3, -0.25) is 14.9 Å². The number of aliphatic hydroxyl groups is 4. The van der Waals surface area contributed by atoms with E-state index in [9.17, 15) is 34.4 Å². The maximum Gasteiger partial charge on any atom is 0.259 e. The number of imide groups is 1. The maximum atomic E-state index is 14.6. The molecular formula is C26H19FN2O7S. The molecule has 0 bridgehead atoms. The van der Waals surface area contributed by atoms with Crippen molar-refractivity contribution in [2.45, 2.75) is 30.6 Å². The predicted octanol–water partition coefficient (Wildman–Crippen LogP) is 2.16. The van der Waals surface area contributed by atoms with Gasteiger partial charge in [0.1, 0.15) is 30.2 Å². The standard InChI is InChI=1S/C26H19FN2O7S/c27-9-5-6-12-11(7-9)15-17-18(25(35)28-24(17)34)16-10-3-1-2-4-14(10)37-23(16)19(15)29(12)26-22(33)21(32)20(31)13(8-30)36-26/h1-7,13,20-22,26,30-33H,8H2,(H,28,34,35)/t13-,20-,21+,22-,26-/m1/s1. The molecule has 7 rings (SSSR count). The van der Waals surface area contributed by atoms with Crippen LogP contribution < -0.4 is 5.32 Å². The van der Waals surface area contributed by atoms with Gasteiger partial charge < -0.3 is 29.7 Å². The molecule has 2 amide bonds. The zero-order chi connectivity index (χ0) is 25.7. The number of carbonyl (C=O) groups excluding carboxylic acids is 2. The van der Waals surface area contributed by atoms with E-state index in [4.69, 9.17) is 4.74 Å². The molecule has 37 heavy (non-hydrogen) atoms. The highest BCUT2D eigenvalue weighted by Gasteiger charge is 2.46. The van der Waals surface area contributed by atoms with Crippen molar-refractivity contribution < 1.29 is 39.1 Å². The second-order valence-corrected chi connectivity index (χ2v) is 10.4. The van der Waals surface area contributed by atoms with Gasteiger partial charge in [0.2, 0.25) is 0 Å². The first-order chi connectivity index (χ1) is 17.8. The van der Waals surface area contributed by atoms with E-state index in [1.165, 1.54) is 29.5 Å². The summed E-state index contributed by atoms with van der Waals surface area (Å²) in [7, 11) is 0. The van der Waals surface area contributed by atoms with Crippen LogP contribution in [0.3, 0.4) is 0 Å². The first-order valence-corrected chi connectivity index (χ1v) is 12.4. The zero-order valence-corrected chi connectivity index (χ0v) is 19.7. The second kappa shape index (κ2) is 7.78. The fraction of sp³-hybridized carbons (Fsp3) is 0.231. The normalized spacial score (nSPS) is 26.0. The Balaban J connectivity index is 1.71. The first kappa shape index (κ1) is 22.7. The zero-order valence-electron chi connectivity index (χ0n) is 18.9. The molecule has 3 aromatic carbocycles. The van der Waals surface area contributed by atoms with Crippen molar-refractivity contribution in [3.63, 3.8) is 0 Å². The van der Waals surface area contributed by atoms with Gasteiger partial charge in [0.25, 0.3) is 11.8 Å². The minimum atomic E-state index is -1.65. The third kappa shape index (κ3) is 2.89. The van der Waals surface area contributed by atoms with Gasteiger partial charge in [0, 0.05) is 26.2 Å². The number of thiophene rings is 1. The van der Waals surface area contributed by atoms with Crippen LogP contribution in [-0.4, -0.2) is 67.8 Å². The number of nitrogens with zero attached hydrogens (tertiary/aromatic N) is 1. The lowest BCUT2D eigenvalue weighted by Crippen LogP contribution is -2.56. The van der Waals surface area contributed by atoms with Crippen molar-refractivity contribution in [1.82, 2.24) is 9.88 Å². The molecule has 0 spiro atoms. The van der Waals surface area contributed by atoms with E-state index in [1.54, 1.807) is 4.57 Å². The van der Waals surface area contributed by atoms with Crippen LogP contribution in [0.2, 0.25) is 0 Å². The Morgan fingerprint density at radius 3 is 2.43 bits per heavy atom. The molecule has 2 aromatic heterocycles. The number of benzene rings is 3. The Morgan fingerprint density at radius 2 is 1.68 bits per heavy atom. The SMILES string of the molecule is O=C1NC(=O)c2c1c1c3ccccc3sc1c1c2c2cc(F)ccc2n1[C@@H]1O[C@H](CO)[C@@H](O)[C@H](O)[C@H]1O. The van der Waals surface area contributed by atoms with Crippen LogP contribution in [0.15, 0.2) is 42.5 Å². The van der Waals surface area contributed by atoms with Crippen molar-refractivity contribution in [3.05, 3.63) is 59.4 Å². The molecule has 11 heteroatoms. The van der Waals surface area contributed by atoms with E-state index in [1.807, 2.05) is 24.3 Å². The number of rotatable bonds is 2. The largest absolute Gasteiger partial charge is 0.394 e. The van der Waals surface area contributed by atoms with Gasteiger partial charge in [-0.1, -0.05) is 18.2 Å². The summed E-state index contributed by atoms with van der Waals surface area (Å²) in [4.78, 5) is 26.2. The number of amides is 2. The number of hydrogen-bond acceptors (Lipinski definition) is 8. The number of ether oxygens (including phenoxy) is 1. The summed E-state index contributed by atoms with van der Waals surface area (Å²) in [5, 5.41) is 46.0. The summed E-state index contributed by atoms with van der Waals surface area (Å²) in [5.41, 5.74) is 1.07. The van der Waals surface area contributed by atoms with Gasteiger partial charge in [0.15, 0.2) is 6.23 Å². The van der Waals surface area contributed by atoms with Gasteiger partial charge in [-0.15, -0.1) is 11.3 Å². The lowest BCUT2D eigenvalue weighted by atomic mass is 9.96. The van der Waals surface area contributed by atoms with Crippen LogP contribution in [0.25, 0.3) is 42.0 Å². The van der Waals surface area contributed by atoms with Gasteiger partial charge in [-0.05, 0) is 24.3 Å². The van der Waals surface area contributed by atoms with Crippen LogP contribution in [0.4, 0.5) is 4.39 Å². The van der Waals surface area contributed by atoms with Crippen LogP contribution in [0.1, 0.15) is 26.9 Å². The molecule has 188 valence electrons. The van der Waals surface area contributed by atoms with Crippen molar-refractivity contribution in [2.75, 3.05) is 6.61 Å². The van der Waals surface area contributed by atoms with Crippen LogP contribution in [0, 0.1) is 5.82 Å². The quantitative estimate of drug-likeness (QED) is 0.224. The maximum absolute atomic E-state index is 14.6. The Kier molecular flexibility index (Phi) is 4.78. The van der Waals surface area contributed by atoms with Gasteiger partial charge >= 0.3 is 0 Å². The topological polar surface area (TPSA) is 141 Å². The minimum Gasteiger partial charge on any atom is -0.394 e. The summed E-state index contributed by atoms with van der Waals surface area (Å²) in [6.45, 7) is -0.627. The van der Waals surface area contributed by atoms with E-state index in [2.05, 4.69) is 5.32 Å². The number of aromatic nitrogens is 1. The number of aliphatic hydroxyl groups excluding tert-OH is 4. The Morgan fingerprint density at radius 1 is 0.946 bits per heavy atom. The molecule has 0 saturated carbocycles. The molecule has 0 radical (unpaired) electrons. The Labute approximate surface area is 210 Å². The van der Waals surface area contributed by atoms with Crippen molar-refractivity contribution in [2.24, 2.45) is 0 Å². The highest BCUT2D eigenvalue weighted by molar-refractivity contribution is 7.26. The van der Waals surface area contributed by atoms with Crippen molar-refractivity contribution in [1.29, 1.82) is 0 Å². The lowest BCUT2D eigenvalue weighted by Gasteiger charge is -2.41. The third-order valence-electron chi connectivity index (χ3n) is 7.33. The molecule has 1 saturated heterocycles. The highest BCUT2D eigenvalue weighted by Crippen LogP contribution is 2.49. The van der Waals surface area contributed by atoms with E-state index < -0.39 is 54.9 Å². The Hall–Kier alpha value is -3.45. The number of carbonyl (C=O) groups is 2. The molecule has 5 N–H and O–H groups in total. The fourth-order valence-corrected chi connectivity index (χ4v) is 6.97. The second-order valence-electron chi connectivity index (χ2n) is 9.31. The minimum absolute atomic E-state index is 0.0926. The van der Waals surface area contributed by atoms with Gasteiger partial charge in [0.05, 0.1) is 33.5 Å². The molecule has 4 heterocycles. The Bertz CT molecular complexity index is 1810. The van der Waals surface area contributed by atoms with E-state index in [-0.39, 0.29) is 11.1 Å². The number of hydrogen-bond donors (Lipinski definition) is 5. The number of halogens is 1. The smallest absolute Gasteiger partial charge is 0.259 e. The van der Waals surface area contributed by atoms with Crippen molar-refractivity contribution >= 4 is 65.1 Å². The average Bonchev–Trinajstić information content (AvgIpc) is 3.52. The number of fused-ring (bicyclic) bond motifs is 10. The van der Waals surface area contributed by atoms with Gasteiger partial charge in [-0.2, -0.15) is 0 Å². The molecule has 5 atom stereocenters. The van der Waals surface area contributed by atoms with E-state index in [0.29, 0.717) is 31.9 Å². The summed E-state index contributed by atoms with van der Waals surface area (Å²) >= 11 is 1.36. The molecule has 2 aliphatic rings. The van der Waals surface area contributed by atoms with Gasteiger partial charge in [-0.25, -0.2) is 4.39 Å². The van der Waals surface area contributed by atoms with E-state index in [0.717, 1.165) is 10.1 Å². The number of nitrogens with one attached hydrogen (secondary N) is 1. The predicted molar refractivity (Wildman–Crippen MR) is 133 cm³/mol. The summed E-state index contributed by atoms with van der Waals surface area (Å²) in [6, 6.07) is 11.3. The van der Waals surface area contributed by atoms with Crippen LogP contribution >= 0.6 is 11.3 Å². The molecule has 5 aromatic rings. The molecular weight excluding hydrogens is 503 g/mol. The van der Waals surface area contributed by atoms with Crippen LogP contribution in [-0.2, 0) is 4.74 Å². The molecule has 2 aliphatic heterocycles. The molecule has 9 nitrogen and oxygen atoms in total. The molecule has 1 fully saturated rings. The summed E-state index contributed by atoms with van der Waals surface area (Å²) in [6.07, 6.45) is -7.35. The van der Waals surface area contributed by atoms with E-state index >= 15 is 0 Å². The fourth-order valence-electron chi connectivity index (χ4n) is 5.72. The van der Waals surface area contributed by atoms with Crippen LogP contribution in [0.5, 0.6) is 0 Å². The van der Waals surface area contributed by atoms with Crippen molar-refractivity contribution in [3.8, 4) is 0 Å². The summed E-state index contributed by atoms with van der Waals surface area (Å²) < 4.78 is 23.5. The molecule has 0 aliphatic carbocycles. The monoisotopic (exact) mass is 522 g/mol. The lowest BCUT2D eigenvalue weighted by molar-refractivity contribution is -0.249. The molecule has 0 unspecified atom stereocenters.